The Bertz CT molecular complexity index is 2670. The molecule has 9 rings (SSSR count). The van der Waals surface area contributed by atoms with Crippen molar-refractivity contribution in [2.24, 2.45) is 0 Å². The monoisotopic (exact) mass is 715 g/mol. The van der Waals surface area contributed by atoms with Crippen LogP contribution in [0.4, 0.5) is 0 Å². The molecule has 0 aliphatic heterocycles. The van der Waals surface area contributed by atoms with Crippen molar-refractivity contribution >= 4 is 37.5 Å². The maximum absolute atomic E-state index is 5.03. The average molecular weight is 717 g/mol. The molecule has 0 aliphatic rings. The molecule has 51 heavy (non-hydrogen) atoms. The van der Waals surface area contributed by atoms with E-state index in [1.165, 1.54) is 38.2 Å². The van der Waals surface area contributed by atoms with E-state index in [2.05, 4.69) is 162 Å². The summed E-state index contributed by atoms with van der Waals surface area (Å²) in [6, 6.07) is 63.6. The number of rotatable bonds is 6. The number of fused-ring (bicyclic) bond motifs is 2. The standard InChI is InChI=1S/C47H30BrN3/c48-42-30-28-34-14-8-10-18-40(34)44(42)43-39-17-9-7-13-33(39)27-29-41(43)35-21-25-38(26-22-35)47-50-45(36-15-5-2-6-16-36)49-46(51-47)37-23-19-32(20-24-37)31-11-3-1-4-12-31/h1-30H. The Labute approximate surface area is 305 Å². The van der Waals surface area contributed by atoms with Crippen LogP contribution in [0, 0.1) is 0 Å². The molecule has 0 radical (unpaired) electrons. The van der Waals surface area contributed by atoms with Crippen LogP contribution in [0.25, 0.3) is 89.1 Å². The van der Waals surface area contributed by atoms with Crippen LogP contribution < -0.4 is 0 Å². The van der Waals surface area contributed by atoms with Gasteiger partial charge in [0.1, 0.15) is 0 Å². The molecule has 240 valence electrons. The Hall–Kier alpha value is -6.23. The van der Waals surface area contributed by atoms with Crippen LogP contribution in [0.5, 0.6) is 0 Å². The molecule has 0 N–H and O–H groups in total. The summed E-state index contributed by atoms with van der Waals surface area (Å²) in [5, 5.41) is 4.84. The zero-order valence-corrected chi connectivity index (χ0v) is 29.1. The molecule has 9 aromatic rings. The summed E-state index contributed by atoms with van der Waals surface area (Å²) in [7, 11) is 0. The molecule has 3 nitrogen and oxygen atoms in total. The minimum Gasteiger partial charge on any atom is -0.208 e. The summed E-state index contributed by atoms with van der Waals surface area (Å²) in [4.78, 5) is 15.0. The molecule has 0 saturated heterocycles. The van der Waals surface area contributed by atoms with Crippen molar-refractivity contribution in [2.45, 2.75) is 0 Å². The Morgan fingerprint density at radius 1 is 0.294 bits per heavy atom. The minimum absolute atomic E-state index is 0.632. The summed E-state index contributed by atoms with van der Waals surface area (Å²) in [5.41, 5.74) is 9.81. The van der Waals surface area contributed by atoms with Gasteiger partial charge in [-0.1, -0.05) is 192 Å². The van der Waals surface area contributed by atoms with E-state index in [1.807, 2.05) is 36.4 Å². The summed E-state index contributed by atoms with van der Waals surface area (Å²) < 4.78 is 1.07. The lowest BCUT2D eigenvalue weighted by Crippen LogP contribution is -2.00. The molecule has 1 heterocycles. The van der Waals surface area contributed by atoms with Crippen molar-refractivity contribution in [3.05, 3.63) is 186 Å². The number of aromatic nitrogens is 3. The number of halogens is 1. The van der Waals surface area contributed by atoms with Crippen LogP contribution >= 0.6 is 15.9 Å². The highest BCUT2D eigenvalue weighted by atomic mass is 79.9. The van der Waals surface area contributed by atoms with E-state index < -0.39 is 0 Å². The molecular weight excluding hydrogens is 686 g/mol. The lowest BCUT2D eigenvalue weighted by molar-refractivity contribution is 1.07. The smallest absolute Gasteiger partial charge is 0.164 e. The number of hydrogen-bond acceptors (Lipinski definition) is 3. The first kappa shape index (κ1) is 30.8. The second-order valence-corrected chi connectivity index (χ2v) is 13.4. The topological polar surface area (TPSA) is 38.7 Å². The fourth-order valence-corrected chi connectivity index (χ4v) is 7.42. The second kappa shape index (κ2) is 13.2. The number of benzene rings is 8. The predicted molar refractivity (Wildman–Crippen MR) is 215 cm³/mol. The van der Waals surface area contributed by atoms with Gasteiger partial charge in [0.15, 0.2) is 17.5 Å². The molecule has 0 amide bonds. The Morgan fingerprint density at radius 3 is 1.25 bits per heavy atom. The summed E-state index contributed by atoms with van der Waals surface area (Å²) >= 11 is 3.93. The molecule has 0 unspecified atom stereocenters. The first-order chi connectivity index (χ1) is 25.2. The highest BCUT2D eigenvalue weighted by Crippen LogP contribution is 2.44. The maximum atomic E-state index is 5.03. The second-order valence-electron chi connectivity index (χ2n) is 12.5. The van der Waals surface area contributed by atoms with Crippen LogP contribution in [0.3, 0.4) is 0 Å². The SMILES string of the molecule is Brc1ccc2ccccc2c1-c1c(-c2ccc(-c3nc(-c4ccccc4)nc(-c4ccc(-c5ccccc5)cc4)n3)cc2)ccc2ccccc12. The largest absolute Gasteiger partial charge is 0.208 e. The lowest BCUT2D eigenvalue weighted by atomic mass is 9.87. The fourth-order valence-electron chi connectivity index (χ4n) is 6.87. The van der Waals surface area contributed by atoms with Crippen LogP contribution in [0.1, 0.15) is 0 Å². The maximum Gasteiger partial charge on any atom is 0.164 e. The highest BCUT2D eigenvalue weighted by Gasteiger charge is 2.18. The zero-order valence-electron chi connectivity index (χ0n) is 27.5. The third-order valence-corrected chi connectivity index (χ3v) is 10.1. The van der Waals surface area contributed by atoms with E-state index in [9.17, 15) is 0 Å². The van der Waals surface area contributed by atoms with E-state index in [1.54, 1.807) is 0 Å². The van der Waals surface area contributed by atoms with Gasteiger partial charge in [0.2, 0.25) is 0 Å². The molecule has 0 aliphatic carbocycles. The van der Waals surface area contributed by atoms with Crippen LogP contribution in [0.15, 0.2) is 186 Å². The predicted octanol–water partition coefficient (Wildman–Crippen LogP) is 12.9. The van der Waals surface area contributed by atoms with Gasteiger partial charge in [-0.2, -0.15) is 0 Å². The van der Waals surface area contributed by atoms with Crippen LogP contribution in [-0.2, 0) is 0 Å². The molecule has 0 saturated carbocycles. The summed E-state index contributed by atoms with van der Waals surface area (Å²) in [6.07, 6.45) is 0. The van der Waals surface area contributed by atoms with Gasteiger partial charge in [0, 0.05) is 26.7 Å². The fraction of sp³-hybridized carbons (Fsp3) is 0. The number of nitrogens with zero attached hydrogens (tertiary/aromatic N) is 3. The zero-order chi connectivity index (χ0) is 34.1. The minimum atomic E-state index is 0.632. The van der Waals surface area contributed by atoms with Crippen molar-refractivity contribution < 1.29 is 0 Å². The van der Waals surface area contributed by atoms with E-state index in [0.717, 1.165) is 37.9 Å². The van der Waals surface area contributed by atoms with Gasteiger partial charge >= 0.3 is 0 Å². The summed E-state index contributed by atoms with van der Waals surface area (Å²) in [6.45, 7) is 0. The van der Waals surface area contributed by atoms with E-state index in [0.29, 0.717) is 17.5 Å². The third-order valence-electron chi connectivity index (χ3n) is 9.43. The van der Waals surface area contributed by atoms with Gasteiger partial charge in [0.05, 0.1) is 0 Å². The molecule has 0 spiro atoms. The molecule has 4 heteroatoms. The van der Waals surface area contributed by atoms with Gasteiger partial charge in [-0.15, -0.1) is 0 Å². The van der Waals surface area contributed by atoms with Gasteiger partial charge in [-0.25, -0.2) is 15.0 Å². The van der Waals surface area contributed by atoms with Crippen molar-refractivity contribution in [3.8, 4) is 67.5 Å². The van der Waals surface area contributed by atoms with Crippen molar-refractivity contribution in [1.82, 2.24) is 15.0 Å². The van der Waals surface area contributed by atoms with E-state index >= 15 is 0 Å². The molecule has 1 aromatic heterocycles. The lowest BCUT2D eigenvalue weighted by Gasteiger charge is -2.18. The van der Waals surface area contributed by atoms with Crippen LogP contribution in [-0.4, -0.2) is 15.0 Å². The van der Waals surface area contributed by atoms with Crippen molar-refractivity contribution in [2.75, 3.05) is 0 Å². The normalized spacial score (nSPS) is 11.2. The quantitative estimate of drug-likeness (QED) is 0.172. The van der Waals surface area contributed by atoms with Gasteiger partial charge < -0.3 is 0 Å². The van der Waals surface area contributed by atoms with E-state index in [4.69, 9.17) is 15.0 Å². The molecule has 0 bridgehead atoms. The molecule has 8 aromatic carbocycles. The first-order valence-electron chi connectivity index (χ1n) is 17.0. The Morgan fingerprint density at radius 2 is 0.686 bits per heavy atom. The van der Waals surface area contributed by atoms with Gasteiger partial charge in [0.25, 0.3) is 0 Å². The Balaban J connectivity index is 1.16. The van der Waals surface area contributed by atoms with Crippen molar-refractivity contribution in [3.63, 3.8) is 0 Å². The first-order valence-corrected chi connectivity index (χ1v) is 17.8. The molecular formula is C47H30BrN3. The number of hydrogen-bond donors (Lipinski definition) is 0. The molecule has 0 atom stereocenters. The Kier molecular flexibility index (Phi) is 8.00. The van der Waals surface area contributed by atoms with Gasteiger partial charge in [-0.3, -0.25) is 0 Å². The van der Waals surface area contributed by atoms with Gasteiger partial charge in [-0.05, 0) is 55.4 Å². The van der Waals surface area contributed by atoms with Crippen molar-refractivity contribution in [1.29, 1.82) is 0 Å². The average Bonchev–Trinajstić information content (AvgIpc) is 3.21. The van der Waals surface area contributed by atoms with E-state index in [-0.39, 0.29) is 0 Å². The molecule has 0 fully saturated rings. The van der Waals surface area contributed by atoms with Crippen LogP contribution in [0.2, 0.25) is 0 Å². The summed E-state index contributed by atoms with van der Waals surface area (Å²) in [5.74, 6) is 1.91. The third kappa shape index (κ3) is 5.90. The highest BCUT2D eigenvalue weighted by molar-refractivity contribution is 9.10.